The van der Waals surface area contributed by atoms with Gasteiger partial charge in [-0.2, -0.15) is 0 Å². The van der Waals surface area contributed by atoms with Crippen molar-refractivity contribution in [2.75, 3.05) is 11.9 Å². The largest absolute Gasteiger partial charge is 0.454 e. The van der Waals surface area contributed by atoms with Crippen LogP contribution in [0.1, 0.15) is 46.5 Å². The molecule has 0 aromatic heterocycles. The first-order valence-electron chi connectivity index (χ1n) is 9.78. The first kappa shape index (κ1) is 21.2. The Balaban J connectivity index is 1.70. The molecular weight excluding hydrogens is 384 g/mol. The van der Waals surface area contributed by atoms with E-state index in [-0.39, 0.29) is 23.5 Å². The lowest BCUT2D eigenvalue weighted by atomic mass is 10.0. The van der Waals surface area contributed by atoms with E-state index in [2.05, 4.69) is 5.32 Å². The van der Waals surface area contributed by atoms with Gasteiger partial charge in [-0.05, 0) is 49.1 Å². The second-order valence-corrected chi connectivity index (χ2v) is 7.70. The molecule has 3 amide bonds. The van der Waals surface area contributed by atoms with E-state index in [1.54, 1.807) is 42.5 Å². The molecule has 1 heterocycles. The van der Waals surface area contributed by atoms with Crippen molar-refractivity contribution in [3.05, 3.63) is 65.2 Å². The maximum absolute atomic E-state index is 12.8. The fraction of sp³-hybridized carbons (Fsp3) is 0.304. The normalized spacial score (nSPS) is 13.9. The number of ether oxygens (including phenoxy) is 1. The number of benzene rings is 2. The smallest absolute Gasteiger partial charge is 0.329 e. The first-order valence-corrected chi connectivity index (χ1v) is 9.78. The SMILES string of the molecule is Cc1cccc(NC(=O)COC(=O)[C@@H](CC(C)C)N2C(=O)c3ccccc3C2=O)c1. The van der Waals surface area contributed by atoms with Gasteiger partial charge in [-0.3, -0.25) is 19.3 Å². The summed E-state index contributed by atoms with van der Waals surface area (Å²) in [4.78, 5) is 51.4. The maximum Gasteiger partial charge on any atom is 0.329 e. The number of imide groups is 1. The van der Waals surface area contributed by atoms with Crippen molar-refractivity contribution in [3.63, 3.8) is 0 Å². The van der Waals surface area contributed by atoms with Gasteiger partial charge >= 0.3 is 5.97 Å². The summed E-state index contributed by atoms with van der Waals surface area (Å²) in [7, 11) is 0. The number of hydrogen-bond acceptors (Lipinski definition) is 5. The van der Waals surface area contributed by atoms with E-state index in [4.69, 9.17) is 4.74 Å². The summed E-state index contributed by atoms with van der Waals surface area (Å²) in [5.41, 5.74) is 2.10. The monoisotopic (exact) mass is 408 g/mol. The Morgan fingerprint density at radius 2 is 1.63 bits per heavy atom. The summed E-state index contributed by atoms with van der Waals surface area (Å²) in [6, 6.07) is 12.6. The third-order valence-electron chi connectivity index (χ3n) is 4.75. The second kappa shape index (κ2) is 8.90. The van der Waals surface area contributed by atoms with Crippen LogP contribution in [0.15, 0.2) is 48.5 Å². The van der Waals surface area contributed by atoms with Crippen molar-refractivity contribution in [1.29, 1.82) is 0 Å². The molecule has 0 aliphatic carbocycles. The third-order valence-corrected chi connectivity index (χ3v) is 4.75. The van der Waals surface area contributed by atoms with Gasteiger partial charge in [-0.25, -0.2) is 4.79 Å². The lowest BCUT2D eigenvalue weighted by Crippen LogP contribution is -2.46. The molecule has 7 heteroatoms. The number of nitrogens with zero attached hydrogens (tertiary/aromatic N) is 1. The Morgan fingerprint density at radius 3 is 2.20 bits per heavy atom. The molecular formula is C23H24N2O5. The van der Waals surface area contributed by atoms with E-state index in [0.717, 1.165) is 10.5 Å². The van der Waals surface area contributed by atoms with Crippen molar-refractivity contribution in [3.8, 4) is 0 Å². The number of fused-ring (bicyclic) bond motifs is 1. The number of carbonyl (C=O) groups excluding carboxylic acids is 4. The molecule has 1 aliphatic heterocycles. The molecule has 0 fully saturated rings. The Kier molecular flexibility index (Phi) is 6.30. The van der Waals surface area contributed by atoms with Crippen LogP contribution in [0.4, 0.5) is 5.69 Å². The summed E-state index contributed by atoms with van der Waals surface area (Å²) in [5.74, 6) is -2.31. The number of rotatable bonds is 7. The van der Waals surface area contributed by atoms with Gasteiger partial charge in [-0.1, -0.05) is 38.1 Å². The number of carbonyl (C=O) groups is 4. The Morgan fingerprint density at radius 1 is 1.00 bits per heavy atom. The number of nitrogens with one attached hydrogen (secondary N) is 1. The van der Waals surface area contributed by atoms with Crippen LogP contribution >= 0.6 is 0 Å². The molecule has 1 N–H and O–H groups in total. The predicted octanol–water partition coefficient (Wildman–Crippen LogP) is 3.19. The Bertz CT molecular complexity index is 964. The average molecular weight is 408 g/mol. The summed E-state index contributed by atoms with van der Waals surface area (Å²) in [5, 5.41) is 2.66. The van der Waals surface area contributed by atoms with Gasteiger partial charge in [0.15, 0.2) is 6.61 Å². The van der Waals surface area contributed by atoms with E-state index < -0.39 is 36.3 Å². The number of anilines is 1. The minimum Gasteiger partial charge on any atom is -0.454 e. The molecule has 0 spiro atoms. The molecule has 0 saturated heterocycles. The van der Waals surface area contributed by atoms with Crippen LogP contribution in [0.5, 0.6) is 0 Å². The fourth-order valence-electron chi connectivity index (χ4n) is 3.40. The van der Waals surface area contributed by atoms with Crippen LogP contribution in [-0.2, 0) is 14.3 Å². The highest BCUT2D eigenvalue weighted by molar-refractivity contribution is 6.22. The van der Waals surface area contributed by atoms with Crippen LogP contribution in [0.3, 0.4) is 0 Å². The molecule has 2 aromatic rings. The standard InChI is InChI=1S/C23H24N2O5/c1-14(2)11-19(25-21(27)17-9-4-5-10-18(17)22(25)28)23(29)30-13-20(26)24-16-8-6-7-15(3)12-16/h4-10,12,14,19H,11,13H2,1-3H3,(H,24,26)/t19-/m1/s1. The molecule has 2 aromatic carbocycles. The summed E-state index contributed by atoms with van der Waals surface area (Å²) >= 11 is 0. The summed E-state index contributed by atoms with van der Waals surface area (Å²) in [6.07, 6.45) is 0.240. The molecule has 156 valence electrons. The second-order valence-electron chi connectivity index (χ2n) is 7.70. The van der Waals surface area contributed by atoms with Crippen molar-refractivity contribution >= 4 is 29.4 Å². The molecule has 0 radical (unpaired) electrons. The van der Waals surface area contributed by atoms with Crippen LogP contribution in [0.25, 0.3) is 0 Å². The van der Waals surface area contributed by atoms with Gasteiger partial charge in [0.25, 0.3) is 17.7 Å². The molecule has 3 rings (SSSR count). The third kappa shape index (κ3) is 4.56. The predicted molar refractivity (Wildman–Crippen MR) is 111 cm³/mol. The van der Waals surface area contributed by atoms with E-state index in [0.29, 0.717) is 5.69 Å². The lowest BCUT2D eigenvalue weighted by Gasteiger charge is -2.25. The van der Waals surface area contributed by atoms with E-state index in [1.807, 2.05) is 26.8 Å². The van der Waals surface area contributed by atoms with Crippen molar-refractivity contribution < 1.29 is 23.9 Å². The van der Waals surface area contributed by atoms with Gasteiger partial charge in [0, 0.05) is 5.69 Å². The van der Waals surface area contributed by atoms with Gasteiger partial charge in [0.1, 0.15) is 6.04 Å². The van der Waals surface area contributed by atoms with E-state index >= 15 is 0 Å². The highest BCUT2D eigenvalue weighted by atomic mass is 16.5. The first-order chi connectivity index (χ1) is 14.3. The number of aryl methyl sites for hydroxylation is 1. The van der Waals surface area contributed by atoms with Crippen LogP contribution < -0.4 is 5.32 Å². The minimum atomic E-state index is -1.09. The van der Waals surface area contributed by atoms with E-state index in [9.17, 15) is 19.2 Å². The molecule has 1 atom stereocenters. The minimum absolute atomic E-state index is 0.0213. The van der Waals surface area contributed by atoms with Crippen molar-refractivity contribution in [1.82, 2.24) is 4.90 Å². The van der Waals surface area contributed by atoms with Gasteiger partial charge in [0.05, 0.1) is 11.1 Å². The molecule has 7 nitrogen and oxygen atoms in total. The maximum atomic E-state index is 12.8. The van der Waals surface area contributed by atoms with Gasteiger partial charge < -0.3 is 10.1 Å². The average Bonchev–Trinajstić information content (AvgIpc) is 2.95. The molecule has 0 unspecified atom stereocenters. The Labute approximate surface area is 175 Å². The van der Waals surface area contributed by atoms with Crippen LogP contribution in [0, 0.1) is 12.8 Å². The highest BCUT2D eigenvalue weighted by Gasteiger charge is 2.43. The summed E-state index contributed by atoms with van der Waals surface area (Å²) in [6.45, 7) is 5.14. The van der Waals surface area contributed by atoms with Crippen LogP contribution in [0.2, 0.25) is 0 Å². The fourth-order valence-corrected chi connectivity index (χ4v) is 3.40. The Hall–Kier alpha value is -3.48. The van der Waals surface area contributed by atoms with Crippen LogP contribution in [-0.4, -0.2) is 41.2 Å². The topological polar surface area (TPSA) is 92.8 Å². The van der Waals surface area contributed by atoms with Crippen molar-refractivity contribution in [2.24, 2.45) is 5.92 Å². The summed E-state index contributed by atoms with van der Waals surface area (Å²) < 4.78 is 5.18. The molecule has 30 heavy (non-hydrogen) atoms. The molecule has 0 bridgehead atoms. The van der Waals surface area contributed by atoms with Gasteiger partial charge in [0.2, 0.25) is 0 Å². The molecule has 0 saturated carbocycles. The lowest BCUT2D eigenvalue weighted by molar-refractivity contribution is -0.151. The zero-order valence-corrected chi connectivity index (χ0v) is 17.2. The zero-order chi connectivity index (χ0) is 21.8. The number of hydrogen-bond donors (Lipinski definition) is 1. The number of esters is 1. The zero-order valence-electron chi connectivity index (χ0n) is 17.2. The van der Waals surface area contributed by atoms with Crippen molar-refractivity contribution in [2.45, 2.75) is 33.2 Å². The van der Waals surface area contributed by atoms with Gasteiger partial charge in [-0.15, -0.1) is 0 Å². The quantitative estimate of drug-likeness (QED) is 0.561. The molecule has 1 aliphatic rings. The highest BCUT2D eigenvalue weighted by Crippen LogP contribution is 2.27. The van der Waals surface area contributed by atoms with E-state index in [1.165, 1.54) is 0 Å². The number of amides is 3.